The fourth-order valence-corrected chi connectivity index (χ4v) is 3.50. The molecule has 0 atom stereocenters. The van der Waals surface area contributed by atoms with E-state index >= 15 is 0 Å². The minimum Gasteiger partial charge on any atom is -0.410 e. The number of halogens is 1. The number of carbonyl (C=O) groups is 2. The molecule has 2 aromatic carbocycles. The third kappa shape index (κ3) is 7.69. The molecule has 2 aromatic rings. The number of carbonyl (C=O) groups excluding carboxylic acids is 2. The zero-order valence-corrected chi connectivity index (χ0v) is 18.1. The van der Waals surface area contributed by atoms with E-state index in [1.807, 2.05) is 25.1 Å². The van der Waals surface area contributed by atoms with Gasteiger partial charge in [0, 0.05) is 32.2 Å². The molecule has 30 heavy (non-hydrogen) atoms. The van der Waals surface area contributed by atoms with E-state index in [0.29, 0.717) is 18.7 Å². The lowest BCUT2D eigenvalue weighted by atomic mass is 10.0. The second kappa shape index (κ2) is 12.2. The van der Waals surface area contributed by atoms with Gasteiger partial charge in [0.1, 0.15) is 5.75 Å². The zero-order chi connectivity index (χ0) is 20.5. The molecule has 3 rings (SSSR count). The van der Waals surface area contributed by atoms with Crippen LogP contribution in [0.2, 0.25) is 0 Å². The van der Waals surface area contributed by atoms with Crippen molar-refractivity contribution in [1.29, 1.82) is 0 Å². The molecule has 0 radical (unpaired) electrons. The summed E-state index contributed by atoms with van der Waals surface area (Å²) >= 11 is 0. The number of piperidine rings is 1. The van der Waals surface area contributed by atoms with Crippen LogP contribution in [0.15, 0.2) is 54.6 Å². The van der Waals surface area contributed by atoms with Gasteiger partial charge in [0.25, 0.3) is 0 Å². The summed E-state index contributed by atoms with van der Waals surface area (Å²) < 4.78 is 5.13. The van der Waals surface area contributed by atoms with E-state index in [-0.39, 0.29) is 24.4 Å². The van der Waals surface area contributed by atoms with Crippen molar-refractivity contribution >= 4 is 24.4 Å². The number of rotatable bonds is 7. The molecule has 0 saturated carbocycles. The summed E-state index contributed by atoms with van der Waals surface area (Å²) in [7, 11) is 0. The van der Waals surface area contributed by atoms with Crippen LogP contribution < -0.4 is 15.4 Å². The predicted molar refractivity (Wildman–Crippen MR) is 120 cm³/mol. The van der Waals surface area contributed by atoms with Crippen LogP contribution in [-0.4, -0.2) is 42.6 Å². The van der Waals surface area contributed by atoms with Crippen LogP contribution in [0.1, 0.15) is 30.9 Å². The van der Waals surface area contributed by atoms with Crippen molar-refractivity contribution in [3.8, 4) is 5.75 Å². The number of nitrogens with zero attached hydrogens (tertiary/aromatic N) is 1. The lowest BCUT2D eigenvalue weighted by molar-refractivity contribution is -0.121. The highest BCUT2D eigenvalue weighted by atomic mass is 35.5. The first-order valence-electron chi connectivity index (χ1n) is 10.2. The molecule has 1 aliphatic heterocycles. The van der Waals surface area contributed by atoms with Gasteiger partial charge >= 0.3 is 6.09 Å². The number of hydrogen-bond donors (Lipinski definition) is 2. The molecule has 0 aliphatic carbocycles. The van der Waals surface area contributed by atoms with E-state index in [1.54, 1.807) is 12.1 Å². The van der Waals surface area contributed by atoms with Gasteiger partial charge in [-0.15, -0.1) is 12.4 Å². The molecular weight excluding hydrogens is 402 g/mol. The molecule has 0 spiro atoms. The molecule has 0 bridgehead atoms. The second-order valence-corrected chi connectivity index (χ2v) is 7.34. The quantitative estimate of drug-likeness (QED) is 0.703. The van der Waals surface area contributed by atoms with Gasteiger partial charge in [-0.2, -0.15) is 0 Å². The molecule has 1 aliphatic rings. The van der Waals surface area contributed by atoms with Gasteiger partial charge in [0.05, 0.1) is 6.42 Å². The standard InChI is InChI=1S/C23H29N3O3.ClH/c1-2-24-23(28)29-21-10-8-18(9-11-21)16-22(27)25-20-12-14-26(15-13-20)17-19-6-4-3-5-7-19;/h3-11,20H,2,12-17H2,1H3,(H,24,28)(H,25,27);1H. The van der Waals surface area contributed by atoms with Gasteiger partial charge < -0.3 is 15.4 Å². The van der Waals surface area contributed by atoms with E-state index in [2.05, 4.69) is 39.8 Å². The average molecular weight is 432 g/mol. The van der Waals surface area contributed by atoms with Crippen LogP contribution in [0.3, 0.4) is 0 Å². The summed E-state index contributed by atoms with van der Waals surface area (Å²) in [4.78, 5) is 26.2. The normalized spacial score (nSPS) is 14.4. The Labute approximate surface area is 184 Å². The van der Waals surface area contributed by atoms with Crippen LogP contribution >= 0.6 is 12.4 Å². The van der Waals surface area contributed by atoms with E-state index in [4.69, 9.17) is 4.74 Å². The zero-order valence-electron chi connectivity index (χ0n) is 17.3. The minimum absolute atomic E-state index is 0. The maximum atomic E-state index is 12.4. The highest BCUT2D eigenvalue weighted by molar-refractivity contribution is 5.85. The topological polar surface area (TPSA) is 70.7 Å². The molecule has 1 saturated heterocycles. The summed E-state index contributed by atoms with van der Waals surface area (Å²) in [5, 5.41) is 5.73. The smallest absolute Gasteiger partial charge is 0.410 e. The number of hydrogen-bond acceptors (Lipinski definition) is 4. The Morgan fingerprint density at radius 2 is 1.67 bits per heavy atom. The molecule has 1 fully saturated rings. The predicted octanol–water partition coefficient (Wildman–Crippen LogP) is 3.54. The highest BCUT2D eigenvalue weighted by Crippen LogP contribution is 2.15. The van der Waals surface area contributed by atoms with Crippen LogP contribution in [0, 0.1) is 0 Å². The minimum atomic E-state index is -0.475. The maximum absolute atomic E-state index is 12.4. The van der Waals surface area contributed by atoms with Gasteiger partial charge in [-0.25, -0.2) is 4.79 Å². The first kappa shape index (κ1) is 23.7. The molecule has 6 nitrogen and oxygen atoms in total. The highest BCUT2D eigenvalue weighted by Gasteiger charge is 2.20. The molecule has 162 valence electrons. The van der Waals surface area contributed by atoms with Crippen molar-refractivity contribution in [2.24, 2.45) is 0 Å². The number of benzene rings is 2. The summed E-state index contributed by atoms with van der Waals surface area (Å²) in [6, 6.07) is 17.8. The van der Waals surface area contributed by atoms with E-state index in [9.17, 15) is 9.59 Å². The summed E-state index contributed by atoms with van der Waals surface area (Å²) in [5.74, 6) is 0.495. The monoisotopic (exact) mass is 431 g/mol. The van der Waals surface area contributed by atoms with Crippen molar-refractivity contribution in [2.45, 2.75) is 38.8 Å². The lowest BCUT2D eigenvalue weighted by Crippen LogP contribution is -2.44. The van der Waals surface area contributed by atoms with Crippen molar-refractivity contribution < 1.29 is 14.3 Å². The Balaban J connectivity index is 0.00000320. The van der Waals surface area contributed by atoms with Gasteiger partial charge in [-0.3, -0.25) is 9.69 Å². The largest absolute Gasteiger partial charge is 0.412 e. The SMILES string of the molecule is CCNC(=O)Oc1ccc(CC(=O)NC2CCN(Cc3ccccc3)CC2)cc1.Cl. The molecule has 2 N–H and O–H groups in total. The summed E-state index contributed by atoms with van der Waals surface area (Å²) in [5.41, 5.74) is 2.22. The Hall–Kier alpha value is -2.57. The Morgan fingerprint density at radius 3 is 2.30 bits per heavy atom. The first-order chi connectivity index (χ1) is 14.1. The second-order valence-electron chi connectivity index (χ2n) is 7.34. The fourth-order valence-electron chi connectivity index (χ4n) is 3.50. The molecule has 0 unspecified atom stereocenters. The van der Waals surface area contributed by atoms with Crippen molar-refractivity contribution in [1.82, 2.24) is 15.5 Å². The van der Waals surface area contributed by atoms with Crippen molar-refractivity contribution in [3.05, 3.63) is 65.7 Å². The van der Waals surface area contributed by atoms with Crippen LogP contribution in [0.25, 0.3) is 0 Å². The third-order valence-electron chi connectivity index (χ3n) is 5.02. The average Bonchev–Trinajstić information content (AvgIpc) is 2.72. The van der Waals surface area contributed by atoms with Crippen LogP contribution in [0.4, 0.5) is 4.79 Å². The lowest BCUT2D eigenvalue weighted by Gasteiger charge is -2.32. The fraction of sp³-hybridized carbons (Fsp3) is 0.391. The Bertz CT molecular complexity index is 791. The van der Waals surface area contributed by atoms with Crippen LogP contribution in [0.5, 0.6) is 5.75 Å². The van der Waals surface area contributed by atoms with E-state index < -0.39 is 6.09 Å². The molecule has 0 aromatic heterocycles. The Morgan fingerprint density at radius 1 is 1.00 bits per heavy atom. The maximum Gasteiger partial charge on any atom is 0.412 e. The number of ether oxygens (including phenoxy) is 1. The van der Waals surface area contributed by atoms with Gasteiger partial charge in [0.15, 0.2) is 0 Å². The van der Waals surface area contributed by atoms with Gasteiger partial charge in [-0.05, 0) is 43.0 Å². The Kier molecular flexibility index (Phi) is 9.64. The summed E-state index contributed by atoms with van der Waals surface area (Å²) in [6.45, 7) is 5.29. The van der Waals surface area contributed by atoms with Gasteiger partial charge in [-0.1, -0.05) is 42.5 Å². The molecule has 1 heterocycles. The molecular formula is C23H30ClN3O3. The van der Waals surface area contributed by atoms with Gasteiger partial charge in [0.2, 0.25) is 5.91 Å². The number of amides is 2. The van der Waals surface area contributed by atoms with Crippen molar-refractivity contribution in [3.63, 3.8) is 0 Å². The number of nitrogens with one attached hydrogen (secondary N) is 2. The number of likely N-dealkylation sites (tertiary alicyclic amines) is 1. The third-order valence-corrected chi connectivity index (χ3v) is 5.02. The summed E-state index contributed by atoms with van der Waals surface area (Å²) in [6.07, 6.45) is 1.79. The molecule has 7 heteroatoms. The van der Waals surface area contributed by atoms with Crippen LogP contribution in [-0.2, 0) is 17.8 Å². The first-order valence-corrected chi connectivity index (χ1v) is 10.2. The van der Waals surface area contributed by atoms with E-state index in [0.717, 1.165) is 38.0 Å². The molecule has 2 amide bonds. The van der Waals surface area contributed by atoms with Crippen molar-refractivity contribution in [2.75, 3.05) is 19.6 Å². The van der Waals surface area contributed by atoms with E-state index in [1.165, 1.54) is 5.56 Å².